The lowest BCUT2D eigenvalue weighted by molar-refractivity contribution is 0.227. The summed E-state index contributed by atoms with van der Waals surface area (Å²) in [5.41, 5.74) is 5.68. The van der Waals surface area contributed by atoms with Gasteiger partial charge in [-0.1, -0.05) is 25.7 Å². The summed E-state index contributed by atoms with van der Waals surface area (Å²) in [5.74, 6) is 1.59. The van der Waals surface area contributed by atoms with Crippen LogP contribution in [-0.2, 0) is 0 Å². The Hall–Kier alpha value is -0.770. The van der Waals surface area contributed by atoms with Crippen molar-refractivity contribution in [3.05, 3.63) is 0 Å². The molecule has 0 spiro atoms. The highest BCUT2D eigenvalue weighted by Gasteiger charge is 2.21. The molecule has 0 aromatic rings. The first-order valence-electron chi connectivity index (χ1n) is 8.52. The predicted molar refractivity (Wildman–Crippen MR) is 82.5 cm³/mol. The van der Waals surface area contributed by atoms with E-state index in [1.165, 1.54) is 32.1 Å². The highest BCUT2D eigenvalue weighted by molar-refractivity contribution is 5.74. The summed E-state index contributed by atoms with van der Waals surface area (Å²) < 4.78 is 0. The van der Waals surface area contributed by atoms with E-state index in [9.17, 15) is 4.79 Å². The smallest absolute Gasteiger partial charge is 0.315 e. The Labute approximate surface area is 123 Å². The molecule has 0 saturated heterocycles. The van der Waals surface area contributed by atoms with E-state index in [1.807, 2.05) is 0 Å². The van der Waals surface area contributed by atoms with Gasteiger partial charge in [-0.25, -0.2) is 4.79 Å². The van der Waals surface area contributed by atoms with E-state index in [-0.39, 0.29) is 6.03 Å². The van der Waals surface area contributed by atoms with Crippen LogP contribution in [0.15, 0.2) is 0 Å². The molecule has 20 heavy (non-hydrogen) atoms. The van der Waals surface area contributed by atoms with E-state index in [1.54, 1.807) is 0 Å². The lowest BCUT2D eigenvalue weighted by atomic mass is 9.86. The van der Waals surface area contributed by atoms with Crippen LogP contribution in [0.4, 0.5) is 4.79 Å². The Morgan fingerprint density at radius 1 is 1.00 bits per heavy atom. The van der Waals surface area contributed by atoms with Crippen molar-refractivity contribution in [2.24, 2.45) is 17.6 Å². The van der Waals surface area contributed by atoms with Gasteiger partial charge in [0, 0.05) is 12.6 Å². The third kappa shape index (κ3) is 5.31. The Kier molecular flexibility index (Phi) is 6.64. The molecular formula is C16H31N3O. The normalized spacial score (nSPS) is 27.4. The third-order valence-electron chi connectivity index (χ3n) is 5.06. The van der Waals surface area contributed by atoms with Crippen LogP contribution in [0.1, 0.15) is 64.2 Å². The zero-order valence-corrected chi connectivity index (χ0v) is 12.7. The Balaban J connectivity index is 1.49. The van der Waals surface area contributed by atoms with Crippen molar-refractivity contribution in [3.63, 3.8) is 0 Å². The minimum Gasteiger partial charge on any atom is -0.338 e. The average molecular weight is 281 g/mol. The van der Waals surface area contributed by atoms with Crippen LogP contribution in [0.5, 0.6) is 0 Å². The summed E-state index contributed by atoms with van der Waals surface area (Å²) in [6, 6.07) is 0.375. The van der Waals surface area contributed by atoms with Crippen molar-refractivity contribution in [2.75, 3.05) is 13.1 Å². The number of hydrogen-bond donors (Lipinski definition) is 3. The third-order valence-corrected chi connectivity index (χ3v) is 5.06. The van der Waals surface area contributed by atoms with Gasteiger partial charge < -0.3 is 16.4 Å². The van der Waals surface area contributed by atoms with Gasteiger partial charge >= 0.3 is 6.03 Å². The van der Waals surface area contributed by atoms with Crippen LogP contribution in [0.3, 0.4) is 0 Å². The molecule has 2 amide bonds. The van der Waals surface area contributed by atoms with Crippen LogP contribution < -0.4 is 16.4 Å². The molecule has 4 N–H and O–H groups in total. The average Bonchev–Trinajstić information content (AvgIpc) is 2.98. The fraction of sp³-hybridized carbons (Fsp3) is 0.938. The second-order valence-electron chi connectivity index (χ2n) is 6.65. The maximum atomic E-state index is 11.8. The molecule has 0 bridgehead atoms. The van der Waals surface area contributed by atoms with Crippen LogP contribution in [-0.4, -0.2) is 25.2 Å². The summed E-state index contributed by atoms with van der Waals surface area (Å²) >= 11 is 0. The largest absolute Gasteiger partial charge is 0.338 e. The summed E-state index contributed by atoms with van der Waals surface area (Å²) in [4.78, 5) is 11.8. The van der Waals surface area contributed by atoms with Gasteiger partial charge in [0.25, 0.3) is 0 Å². The molecular weight excluding hydrogens is 250 g/mol. The molecule has 2 rings (SSSR count). The Morgan fingerprint density at radius 2 is 1.70 bits per heavy atom. The summed E-state index contributed by atoms with van der Waals surface area (Å²) in [5, 5.41) is 6.11. The van der Waals surface area contributed by atoms with Gasteiger partial charge in [-0.05, 0) is 56.9 Å². The molecule has 0 aliphatic heterocycles. The van der Waals surface area contributed by atoms with Gasteiger partial charge in [-0.15, -0.1) is 0 Å². The van der Waals surface area contributed by atoms with Crippen molar-refractivity contribution in [1.82, 2.24) is 10.6 Å². The maximum Gasteiger partial charge on any atom is 0.315 e. The minimum atomic E-state index is 0.0209. The molecule has 0 aromatic carbocycles. The van der Waals surface area contributed by atoms with Crippen LogP contribution >= 0.6 is 0 Å². The van der Waals surface area contributed by atoms with Gasteiger partial charge in [0.05, 0.1) is 0 Å². The second-order valence-corrected chi connectivity index (χ2v) is 6.65. The molecule has 2 saturated carbocycles. The summed E-state index contributed by atoms with van der Waals surface area (Å²) in [6.45, 7) is 1.61. The quantitative estimate of drug-likeness (QED) is 0.655. The van der Waals surface area contributed by atoms with E-state index in [4.69, 9.17) is 5.73 Å². The van der Waals surface area contributed by atoms with Crippen LogP contribution in [0, 0.1) is 11.8 Å². The molecule has 0 radical (unpaired) electrons. The van der Waals surface area contributed by atoms with Gasteiger partial charge in [0.1, 0.15) is 0 Å². The molecule has 0 heterocycles. The highest BCUT2D eigenvalue weighted by Crippen LogP contribution is 2.28. The Bertz CT molecular complexity index is 281. The number of nitrogens with two attached hydrogens (primary N) is 1. The molecule has 2 aliphatic rings. The number of hydrogen-bond acceptors (Lipinski definition) is 2. The number of rotatable bonds is 6. The molecule has 0 aromatic heterocycles. The van der Waals surface area contributed by atoms with Gasteiger partial charge in [0.2, 0.25) is 0 Å². The van der Waals surface area contributed by atoms with Gasteiger partial charge in [-0.2, -0.15) is 0 Å². The van der Waals surface area contributed by atoms with E-state index in [2.05, 4.69) is 10.6 Å². The topological polar surface area (TPSA) is 67.1 Å². The van der Waals surface area contributed by atoms with E-state index < -0.39 is 0 Å². The van der Waals surface area contributed by atoms with Gasteiger partial charge in [-0.3, -0.25) is 0 Å². The zero-order chi connectivity index (χ0) is 14.2. The minimum absolute atomic E-state index is 0.0209. The Morgan fingerprint density at radius 3 is 2.35 bits per heavy atom. The number of carbonyl (C=O) groups excluding carboxylic acids is 1. The fourth-order valence-electron chi connectivity index (χ4n) is 3.67. The van der Waals surface area contributed by atoms with Gasteiger partial charge in [0.15, 0.2) is 0 Å². The van der Waals surface area contributed by atoms with E-state index in [0.717, 1.165) is 51.1 Å². The number of nitrogens with one attached hydrogen (secondary N) is 2. The zero-order valence-electron chi connectivity index (χ0n) is 12.7. The molecule has 4 heteroatoms. The second kappa shape index (κ2) is 8.50. The molecule has 116 valence electrons. The first kappa shape index (κ1) is 15.6. The highest BCUT2D eigenvalue weighted by atomic mass is 16.2. The molecule has 0 unspecified atom stereocenters. The lowest BCUT2D eigenvalue weighted by Gasteiger charge is -2.28. The van der Waals surface area contributed by atoms with Crippen molar-refractivity contribution >= 4 is 6.03 Å². The molecule has 4 nitrogen and oxygen atoms in total. The first-order valence-corrected chi connectivity index (χ1v) is 8.52. The number of amides is 2. The number of urea groups is 1. The van der Waals surface area contributed by atoms with Crippen molar-refractivity contribution in [3.8, 4) is 0 Å². The first-order chi connectivity index (χ1) is 9.78. The predicted octanol–water partition coefficient (Wildman–Crippen LogP) is 2.77. The lowest BCUT2D eigenvalue weighted by Crippen LogP contribution is -2.44. The summed E-state index contributed by atoms with van der Waals surface area (Å²) in [6.07, 6.45) is 12.5. The molecule has 0 atom stereocenters. The fourth-order valence-corrected chi connectivity index (χ4v) is 3.67. The van der Waals surface area contributed by atoms with E-state index in [0.29, 0.717) is 12.0 Å². The molecule has 2 fully saturated rings. The van der Waals surface area contributed by atoms with E-state index >= 15 is 0 Å². The van der Waals surface area contributed by atoms with Crippen molar-refractivity contribution in [2.45, 2.75) is 70.3 Å². The number of carbonyl (C=O) groups is 1. The maximum absolute atomic E-state index is 11.8. The van der Waals surface area contributed by atoms with Crippen LogP contribution in [0.2, 0.25) is 0 Å². The SMILES string of the molecule is NCC1CCC(NC(=O)NCCCC2CCCC2)CC1. The molecule has 2 aliphatic carbocycles. The van der Waals surface area contributed by atoms with Crippen LogP contribution in [0.25, 0.3) is 0 Å². The van der Waals surface area contributed by atoms with Crippen molar-refractivity contribution < 1.29 is 4.79 Å². The summed E-state index contributed by atoms with van der Waals surface area (Å²) in [7, 11) is 0. The standard InChI is InChI=1S/C16H31N3O/c17-12-14-7-9-15(10-8-14)19-16(20)18-11-3-6-13-4-1-2-5-13/h13-15H,1-12,17H2,(H2,18,19,20). The monoisotopic (exact) mass is 281 g/mol. The van der Waals surface area contributed by atoms with Crippen molar-refractivity contribution in [1.29, 1.82) is 0 Å².